The van der Waals surface area contributed by atoms with Gasteiger partial charge in [-0.2, -0.15) is 4.90 Å². The maximum atomic E-state index is 15.3. The predicted octanol–water partition coefficient (Wildman–Crippen LogP) is 7.44. The zero-order valence-electron chi connectivity index (χ0n) is 34.3. The molecule has 1 fully saturated rings. The van der Waals surface area contributed by atoms with Crippen LogP contribution < -0.4 is 15.5 Å². The molecule has 0 radical (unpaired) electrons. The number of benzene rings is 3. The van der Waals surface area contributed by atoms with Gasteiger partial charge in [0, 0.05) is 28.7 Å². The van der Waals surface area contributed by atoms with Crippen molar-refractivity contribution >= 4 is 61.9 Å². The number of fused-ring (bicyclic) bond motifs is 1. The highest BCUT2D eigenvalue weighted by Gasteiger charge is 2.38. The SMILES string of the molecule is CN(C)Cc1cc(NC(=O)COCc2cccc(C(Nc3ccc4c(N(C(=O)OC(C)(C)C)C(=O)OC(C)(C)C)ncc(F)c4c3)C(=O)O)c2)ccc1S(=O)(=O)C1CC1. The van der Waals surface area contributed by atoms with Crippen LogP contribution in [0.15, 0.2) is 71.8 Å². The number of nitrogens with one attached hydrogen (secondary N) is 2. The van der Waals surface area contributed by atoms with E-state index in [4.69, 9.17) is 14.2 Å². The fourth-order valence-corrected chi connectivity index (χ4v) is 7.92. The molecule has 3 amide bonds. The first kappa shape index (κ1) is 44.5. The summed E-state index contributed by atoms with van der Waals surface area (Å²) in [6.45, 7) is 9.68. The smallest absolute Gasteiger partial charge is 0.425 e. The van der Waals surface area contributed by atoms with Crippen molar-refractivity contribution in [3.8, 4) is 0 Å². The minimum atomic E-state index is -3.45. The number of carbonyl (C=O) groups excluding carboxylic acids is 3. The van der Waals surface area contributed by atoms with E-state index in [0.29, 0.717) is 46.7 Å². The van der Waals surface area contributed by atoms with E-state index in [1.165, 1.54) is 24.3 Å². The normalized spacial score (nSPS) is 13.8. The minimum Gasteiger partial charge on any atom is -0.479 e. The lowest BCUT2D eigenvalue weighted by molar-refractivity contribution is -0.138. The van der Waals surface area contributed by atoms with E-state index >= 15 is 4.39 Å². The number of ether oxygens (including phenoxy) is 3. The molecule has 0 bridgehead atoms. The number of amides is 3. The Morgan fingerprint density at radius 3 is 2.14 bits per heavy atom. The zero-order valence-corrected chi connectivity index (χ0v) is 35.1. The van der Waals surface area contributed by atoms with Crippen LogP contribution in [-0.2, 0) is 46.8 Å². The highest BCUT2D eigenvalue weighted by molar-refractivity contribution is 7.92. The van der Waals surface area contributed by atoms with Gasteiger partial charge in [-0.1, -0.05) is 24.3 Å². The number of carboxylic acids is 1. The van der Waals surface area contributed by atoms with Gasteiger partial charge < -0.3 is 34.9 Å². The lowest BCUT2D eigenvalue weighted by atomic mass is 10.0. The molecule has 1 aliphatic rings. The third kappa shape index (κ3) is 11.7. The summed E-state index contributed by atoms with van der Waals surface area (Å²) in [4.78, 5) is 58.7. The van der Waals surface area contributed by atoms with Gasteiger partial charge in [-0.15, -0.1) is 0 Å². The van der Waals surface area contributed by atoms with E-state index in [2.05, 4.69) is 15.6 Å². The maximum absolute atomic E-state index is 15.3. The van der Waals surface area contributed by atoms with Crippen LogP contribution >= 0.6 is 0 Å². The van der Waals surface area contributed by atoms with Crippen LogP contribution in [0.25, 0.3) is 10.8 Å². The van der Waals surface area contributed by atoms with Crippen LogP contribution in [0.5, 0.6) is 0 Å². The summed E-state index contributed by atoms with van der Waals surface area (Å²) >= 11 is 0. The number of hydrogen-bond donors (Lipinski definition) is 3. The Labute approximate surface area is 342 Å². The largest absolute Gasteiger partial charge is 0.479 e. The van der Waals surface area contributed by atoms with E-state index in [1.807, 2.05) is 19.0 Å². The molecule has 1 atom stereocenters. The summed E-state index contributed by atoms with van der Waals surface area (Å²) in [6, 6.07) is 14.1. The number of sulfone groups is 1. The second kappa shape index (κ2) is 17.7. The second-order valence-electron chi connectivity index (χ2n) is 16.5. The molecule has 17 heteroatoms. The van der Waals surface area contributed by atoms with Crippen LogP contribution in [0.2, 0.25) is 0 Å². The molecule has 1 saturated carbocycles. The van der Waals surface area contributed by atoms with Crippen molar-refractivity contribution < 1.29 is 51.3 Å². The number of aliphatic carboxylic acids is 1. The van der Waals surface area contributed by atoms with Crippen LogP contribution in [0.1, 0.15) is 77.1 Å². The average Bonchev–Trinajstić information content (AvgIpc) is 3.97. The summed E-state index contributed by atoms with van der Waals surface area (Å²) in [7, 11) is 0.208. The van der Waals surface area contributed by atoms with Crippen molar-refractivity contribution in [1.82, 2.24) is 9.88 Å². The molecule has 15 nitrogen and oxygen atoms in total. The molecule has 3 aromatic carbocycles. The van der Waals surface area contributed by atoms with Gasteiger partial charge in [-0.05, 0) is 122 Å². The van der Waals surface area contributed by atoms with E-state index in [0.717, 1.165) is 6.20 Å². The molecule has 316 valence electrons. The van der Waals surface area contributed by atoms with Crippen molar-refractivity contribution in [3.63, 3.8) is 0 Å². The number of pyridine rings is 1. The highest BCUT2D eigenvalue weighted by atomic mass is 32.2. The van der Waals surface area contributed by atoms with E-state index < -0.39 is 57.0 Å². The molecule has 59 heavy (non-hydrogen) atoms. The number of halogens is 1. The number of hydrogen-bond acceptors (Lipinski definition) is 12. The molecule has 1 aromatic heterocycles. The molecule has 1 unspecified atom stereocenters. The third-order valence-electron chi connectivity index (χ3n) is 8.63. The Balaban J connectivity index is 1.30. The molecule has 4 aromatic rings. The molecule has 5 rings (SSSR count). The van der Waals surface area contributed by atoms with Crippen LogP contribution in [-0.4, -0.2) is 84.6 Å². The van der Waals surface area contributed by atoms with Gasteiger partial charge in [0.1, 0.15) is 23.6 Å². The molecule has 0 saturated heterocycles. The quantitative estimate of drug-likeness (QED) is 0.114. The summed E-state index contributed by atoms with van der Waals surface area (Å²) in [5.41, 5.74) is 0.105. The zero-order chi connectivity index (χ0) is 43.4. The van der Waals surface area contributed by atoms with Gasteiger partial charge in [0.05, 0.1) is 22.9 Å². The Hall–Kier alpha value is -5.65. The molecule has 1 heterocycles. The summed E-state index contributed by atoms with van der Waals surface area (Å²) in [6.07, 6.45) is -0.0691. The van der Waals surface area contributed by atoms with Crippen molar-refractivity contribution in [3.05, 3.63) is 89.4 Å². The monoisotopic (exact) mass is 835 g/mol. The molecular formula is C42H50FN5O10S. The van der Waals surface area contributed by atoms with Crippen molar-refractivity contribution in [1.29, 1.82) is 0 Å². The molecular weight excluding hydrogens is 786 g/mol. The molecule has 0 spiro atoms. The number of aromatic nitrogens is 1. The van der Waals surface area contributed by atoms with Crippen molar-refractivity contribution in [2.24, 2.45) is 0 Å². The Bertz CT molecular complexity index is 2330. The molecule has 0 aliphatic heterocycles. The number of carboxylic acid groups (broad SMARTS) is 1. The number of imide groups is 1. The number of anilines is 3. The topological polar surface area (TPSA) is 194 Å². The van der Waals surface area contributed by atoms with E-state index in [-0.39, 0.29) is 45.6 Å². The van der Waals surface area contributed by atoms with Crippen molar-refractivity contribution in [2.75, 3.05) is 36.2 Å². The van der Waals surface area contributed by atoms with Gasteiger partial charge in [-0.3, -0.25) is 4.79 Å². The third-order valence-corrected chi connectivity index (χ3v) is 11.0. The van der Waals surface area contributed by atoms with Crippen LogP contribution in [0.3, 0.4) is 0 Å². The number of carbonyl (C=O) groups is 4. The van der Waals surface area contributed by atoms with Crippen LogP contribution in [0.4, 0.5) is 31.2 Å². The second-order valence-corrected chi connectivity index (χ2v) is 18.7. The lowest BCUT2D eigenvalue weighted by Crippen LogP contribution is -2.44. The highest BCUT2D eigenvalue weighted by Crippen LogP contribution is 2.36. The van der Waals surface area contributed by atoms with Gasteiger partial charge >= 0.3 is 18.2 Å². The van der Waals surface area contributed by atoms with Gasteiger partial charge in [0.2, 0.25) is 5.91 Å². The maximum Gasteiger partial charge on any atom is 0.425 e. The Kier molecular flexibility index (Phi) is 13.3. The van der Waals surface area contributed by atoms with Gasteiger partial charge in [0.15, 0.2) is 21.7 Å². The fourth-order valence-electron chi connectivity index (χ4n) is 6.06. The standard InChI is InChI=1S/C42H50FN5O10S/c1-41(2,3)57-39(52)48(40(53)58-42(4,5)6)37-31-16-12-29(20-32(31)33(43)21-44-37)46-36(38(50)51)26-11-9-10-25(18-26)23-56-24-35(49)45-28-13-17-34(27(19-28)22-47(7)8)59(54,55)30-14-15-30/h9-13,16-21,30,36,46H,14-15,22-24H2,1-8H3,(H,45,49)(H,50,51). The minimum absolute atomic E-state index is 0.0409. The summed E-state index contributed by atoms with van der Waals surface area (Å²) in [5, 5.41) is 15.5. The first-order valence-corrected chi connectivity index (χ1v) is 20.4. The van der Waals surface area contributed by atoms with Gasteiger partial charge in [0.25, 0.3) is 0 Å². The van der Waals surface area contributed by atoms with Gasteiger partial charge in [-0.25, -0.2) is 32.2 Å². The van der Waals surface area contributed by atoms with E-state index in [9.17, 15) is 32.7 Å². The number of rotatable bonds is 14. The lowest BCUT2D eigenvalue weighted by Gasteiger charge is -2.28. The predicted molar refractivity (Wildman–Crippen MR) is 219 cm³/mol. The molecule has 3 N–H and O–H groups in total. The summed E-state index contributed by atoms with van der Waals surface area (Å²) in [5.74, 6) is -2.77. The Morgan fingerprint density at radius 2 is 1.54 bits per heavy atom. The fraction of sp³-hybridized carbons (Fsp3) is 0.405. The van der Waals surface area contributed by atoms with E-state index in [1.54, 1.807) is 77.9 Å². The van der Waals surface area contributed by atoms with Crippen molar-refractivity contribution in [2.45, 2.75) is 94.9 Å². The summed E-state index contributed by atoms with van der Waals surface area (Å²) < 4.78 is 57.9. The van der Waals surface area contributed by atoms with Crippen LogP contribution in [0, 0.1) is 5.82 Å². The first-order valence-electron chi connectivity index (χ1n) is 18.8. The molecule has 1 aliphatic carbocycles. The first-order chi connectivity index (χ1) is 27.5. The number of nitrogens with zero attached hydrogens (tertiary/aromatic N) is 3. The Morgan fingerprint density at radius 1 is 0.898 bits per heavy atom. The average molecular weight is 836 g/mol.